The number of aliphatic hydroxyl groups is 1. The normalized spacial score (nSPS) is 29.6. The summed E-state index contributed by atoms with van der Waals surface area (Å²) < 4.78 is 32.8. The molecule has 1 spiro atoms. The lowest BCUT2D eigenvalue weighted by atomic mass is 9.93. The van der Waals surface area contributed by atoms with Crippen LogP contribution < -0.4 is 11.2 Å². The lowest BCUT2D eigenvalue weighted by molar-refractivity contribution is -0.0901. The number of aliphatic hydroxyl groups excluding tert-OH is 1. The van der Waals surface area contributed by atoms with Crippen molar-refractivity contribution in [3.05, 3.63) is 32.6 Å². The summed E-state index contributed by atoms with van der Waals surface area (Å²) >= 11 is 0. The lowest BCUT2D eigenvalue weighted by Gasteiger charge is -2.40. The molecule has 2 saturated heterocycles. The quantitative estimate of drug-likeness (QED) is 0.283. The van der Waals surface area contributed by atoms with Gasteiger partial charge in [0.1, 0.15) is 18.3 Å². The summed E-state index contributed by atoms with van der Waals surface area (Å²) in [5, 5.41) is 10.5. The van der Waals surface area contributed by atoms with Gasteiger partial charge in [-0.2, -0.15) is 0 Å². The number of methoxy groups -OCH3 is 1. The van der Waals surface area contributed by atoms with Gasteiger partial charge >= 0.3 is 5.69 Å². The number of epoxide rings is 1. The predicted octanol–water partition coefficient (Wildman–Crippen LogP) is 3.26. The van der Waals surface area contributed by atoms with Gasteiger partial charge in [-0.1, -0.05) is 41.5 Å². The number of aromatic amines is 1. The van der Waals surface area contributed by atoms with E-state index in [1.165, 1.54) is 17.9 Å². The fraction of sp³-hybridized carbons (Fsp3) is 0.840. The number of ether oxygens (including phenoxy) is 3. The van der Waals surface area contributed by atoms with Gasteiger partial charge in [0, 0.05) is 18.9 Å². The highest BCUT2D eigenvalue weighted by molar-refractivity contribution is 6.74. The van der Waals surface area contributed by atoms with Gasteiger partial charge in [-0.05, 0) is 43.2 Å². The number of hydrogen-bond acceptors (Lipinski definition) is 8. The fourth-order valence-electron chi connectivity index (χ4n) is 4.13. The summed E-state index contributed by atoms with van der Waals surface area (Å²) in [6, 6.07) is 0. The summed E-state index contributed by atoms with van der Waals surface area (Å²) in [6.07, 6.45) is -2.75. The minimum absolute atomic E-state index is 0.0297. The second kappa shape index (κ2) is 9.81. The summed E-state index contributed by atoms with van der Waals surface area (Å²) in [4.78, 5) is 27.5. The van der Waals surface area contributed by atoms with Crippen LogP contribution in [-0.2, 0) is 23.1 Å². The van der Waals surface area contributed by atoms with Crippen LogP contribution in [0.5, 0.6) is 0 Å². The summed E-state index contributed by atoms with van der Waals surface area (Å²) in [7, 11) is -3.19. The van der Waals surface area contributed by atoms with Crippen molar-refractivity contribution in [3.63, 3.8) is 0 Å². The van der Waals surface area contributed by atoms with Gasteiger partial charge < -0.3 is 28.2 Å². The Morgan fingerprint density at radius 2 is 1.68 bits per heavy atom. The van der Waals surface area contributed by atoms with Crippen LogP contribution in [0, 0.1) is 6.92 Å². The number of nitrogens with one attached hydrogen (secondary N) is 1. The van der Waals surface area contributed by atoms with Crippen LogP contribution in [0.25, 0.3) is 0 Å². The van der Waals surface area contributed by atoms with Crippen molar-refractivity contribution in [2.75, 3.05) is 13.7 Å². The SMILES string of the molecule is COC(O)[C@@H]1OC12C(CO[Si](C)(C)C(C)(C)C)O[C@@H](n1cc(C)c(=O)[nH]c1=O)[C@@H]2O[Si](C)(C)C(C)(C)C. The minimum Gasteiger partial charge on any atom is -0.414 e. The van der Waals surface area contributed by atoms with E-state index in [1.807, 2.05) is 0 Å². The second-order valence-corrected chi connectivity index (χ2v) is 22.9. The molecule has 0 amide bonds. The molecule has 3 heterocycles. The second-order valence-electron chi connectivity index (χ2n) is 13.4. The molecule has 212 valence electrons. The van der Waals surface area contributed by atoms with Crippen molar-refractivity contribution < 1.29 is 28.2 Å². The monoisotopic (exact) mass is 558 g/mol. The van der Waals surface area contributed by atoms with Crippen LogP contribution >= 0.6 is 0 Å². The fourth-order valence-corrected chi connectivity index (χ4v) is 6.42. The summed E-state index contributed by atoms with van der Waals surface area (Å²) in [6.45, 7) is 23.2. The smallest absolute Gasteiger partial charge is 0.330 e. The molecule has 37 heavy (non-hydrogen) atoms. The highest BCUT2D eigenvalue weighted by Crippen LogP contribution is 2.57. The highest BCUT2D eigenvalue weighted by atomic mass is 28.4. The van der Waals surface area contributed by atoms with Crippen molar-refractivity contribution in [1.82, 2.24) is 9.55 Å². The first-order chi connectivity index (χ1) is 16.7. The van der Waals surface area contributed by atoms with Gasteiger partial charge in [0.2, 0.25) is 0 Å². The molecular weight excluding hydrogens is 512 g/mol. The first kappa shape index (κ1) is 30.4. The number of aromatic nitrogens is 2. The Hall–Kier alpha value is -1.13. The molecule has 10 nitrogen and oxygen atoms in total. The van der Waals surface area contributed by atoms with E-state index in [-0.39, 0.29) is 16.7 Å². The Balaban J connectivity index is 2.13. The highest BCUT2D eigenvalue weighted by Gasteiger charge is 2.76. The molecule has 1 aromatic heterocycles. The largest absolute Gasteiger partial charge is 0.414 e. The molecule has 3 rings (SSSR count). The van der Waals surface area contributed by atoms with Gasteiger partial charge in [-0.15, -0.1) is 0 Å². The Morgan fingerprint density at radius 3 is 2.19 bits per heavy atom. The third-order valence-corrected chi connectivity index (χ3v) is 17.7. The zero-order valence-electron chi connectivity index (χ0n) is 24.4. The van der Waals surface area contributed by atoms with Gasteiger partial charge in [-0.3, -0.25) is 14.3 Å². The van der Waals surface area contributed by atoms with E-state index < -0.39 is 64.3 Å². The first-order valence-electron chi connectivity index (χ1n) is 12.9. The van der Waals surface area contributed by atoms with E-state index in [4.69, 9.17) is 23.1 Å². The van der Waals surface area contributed by atoms with E-state index in [0.29, 0.717) is 5.56 Å². The molecule has 1 aromatic rings. The minimum atomic E-state index is -2.43. The van der Waals surface area contributed by atoms with E-state index in [2.05, 4.69) is 72.7 Å². The van der Waals surface area contributed by atoms with Crippen molar-refractivity contribution >= 4 is 16.6 Å². The van der Waals surface area contributed by atoms with Crippen molar-refractivity contribution in [2.45, 2.75) is 121 Å². The van der Waals surface area contributed by atoms with Crippen LogP contribution in [0.1, 0.15) is 53.3 Å². The Kier molecular flexibility index (Phi) is 8.06. The number of H-pyrrole nitrogens is 1. The van der Waals surface area contributed by atoms with Gasteiger partial charge in [0.25, 0.3) is 5.56 Å². The zero-order valence-corrected chi connectivity index (χ0v) is 26.4. The molecule has 12 heteroatoms. The topological polar surface area (TPSA) is 125 Å². The Morgan fingerprint density at radius 1 is 1.11 bits per heavy atom. The van der Waals surface area contributed by atoms with E-state index in [0.717, 1.165) is 0 Å². The average molecular weight is 559 g/mol. The van der Waals surface area contributed by atoms with Crippen LogP contribution in [0.15, 0.2) is 15.8 Å². The van der Waals surface area contributed by atoms with Gasteiger partial charge in [0.15, 0.2) is 34.8 Å². The standard InChI is InChI=1S/C25H46N2O8Si2/c1-15-13-27(22(30)26-19(15)28)20-17(35-37(11,12)24(5,6)7)25(18(34-25)21(29)31-8)16(33-20)14-32-36(9,10)23(2,3)4/h13,16-18,20-21,29H,14H2,1-12H3,(H,26,28,30)/t16?,17-,18-,20+,21?,25?/m0/s1. The molecular formula is C25H46N2O8Si2. The van der Waals surface area contributed by atoms with Crippen LogP contribution in [0.4, 0.5) is 0 Å². The first-order valence-corrected chi connectivity index (χ1v) is 18.7. The maximum Gasteiger partial charge on any atom is 0.330 e. The molecule has 0 saturated carbocycles. The Bertz CT molecular complexity index is 1100. The molecule has 2 aliphatic rings. The van der Waals surface area contributed by atoms with Crippen LogP contribution in [0.2, 0.25) is 36.3 Å². The van der Waals surface area contributed by atoms with Gasteiger partial charge in [0.05, 0.1) is 6.61 Å². The predicted molar refractivity (Wildman–Crippen MR) is 146 cm³/mol. The average Bonchev–Trinajstić information content (AvgIpc) is 3.42. The zero-order chi connectivity index (χ0) is 28.4. The van der Waals surface area contributed by atoms with Crippen LogP contribution in [-0.4, -0.2) is 75.2 Å². The number of aryl methyl sites for hydroxylation is 1. The third kappa shape index (κ3) is 5.49. The Labute approximate surface area is 221 Å². The lowest BCUT2D eigenvalue weighted by Crippen LogP contribution is -2.53. The van der Waals surface area contributed by atoms with Crippen LogP contribution in [0.3, 0.4) is 0 Å². The third-order valence-electron chi connectivity index (χ3n) is 8.78. The molecule has 3 unspecified atom stereocenters. The maximum absolute atomic E-state index is 13.0. The van der Waals surface area contributed by atoms with E-state index >= 15 is 0 Å². The molecule has 0 aliphatic carbocycles. The summed E-state index contributed by atoms with van der Waals surface area (Å²) in [5.41, 5.74) is -1.78. The van der Waals surface area contributed by atoms with Gasteiger partial charge in [-0.25, -0.2) is 4.79 Å². The van der Waals surface area contributed by atoms with Crippen molar-refractivity contribution in [1.29, 1.82) is 0 Å². The molecule has 0 bridgehead atoms. The molecule has 6 atom stereocenters. The molecule has 0 aromatic carbocycles. The van der Waals surface area contributed by atoms with E-state index in [1.54, 1.807) is 6.92 Å². The van der Waals surface area contributed by atoms with E-state index in [9.17, 15) is 14.7 Å². The molecule has 2 N–H and O–H groups in total. The maximum atomic E-state index is 13.0. The number of hydrogen-bond donors (Lipinski definition) is 2. The number of nitrogens with zero attached hydrogens (tertiary/aromatic N) is 1. The van der Waals surface area contributed by atoms with Crippen molar-refractivity contribution in [2.24, 2.45) is 0 Å². The molecule has 0 radical (unpaired) electrons. The molecule has 2 fully saturated rings. The molecule has 2 aliphatic heterocycles. The van der Waals surface area contributed by atoms with Crippen molar-refractivity contribution in [3.8, 4) is 0 Å². The summed E-state index contributed by atoms with van der Waals surface area (Å²) in [5.74, 6) is 0. The number of rotatable bonds is 8.